The van der Waals surface area contributed by atoms with Crippen LogP contribution in [0.4, 0.5) is 9.18 Å². The van der Waals surface area contributed by atoms with Crippen LogP contribution in [-0.4, -0.2) is 37.8 Å². The maximum Gasteiger partial charge on any atom is 0.409 e. The van der Waals surface area contributed by atoms with Crippen LogP contribution in [0.3, 0.4) is 0 Å². The average molecular weight is 239 g/mol. The zero-order valence-corrected chi connectivity index (χ0v) is 9.56. The van der Waals surface area contributed by atoms with Gasteiger partial charge in [-0.15, -0.1) is 0 Å². The average Bonchev–Trinajstić information content (AvgIpc) is 2.38. The fourth-order valence-corrected chi connectivity index (χ4v) is 1.87. The van der Waals surface area contributed by atoms with Gasteiger partial charge in [0.2, 0.25) is 0 Å². The number of morpholine rings is 1. The first kappa shape index (κ1) is 11.9. The Labute approximate surface area is 98.9 Å². The second kappa shape index (κ2) is 5.14. The first-order valence-electron chi connectivity index (χ1n) is 5.41. The highest BCUT2D eigenvalue weighted by Crippen LogP contribution is 2.24. The summed E-state index contributed by atoms with van der Waals surface area (Å²) in [4.78, 5) is 12.9. The van der Waals surface area contributed by atoms with E-state index in [1.54, 1.807) is 18.2 Å². The van der Waals surface area contributed by atoms with Crippen molar-refractivity contribution in [1.82, 2.24) is 4.90 Å². The first-order chi connectivity index (χ1) is 8.22. The van der Waals surface area contributed by atoms with Crippen LogP contribution in [0.25, 0.3) is 0 Å². The van der Waals surface area contributed by atoms with Crippen molar-refractivity contribution in [1.29, 1.82) is 0 Å². The lowest BCUT2D eigenvalue weighted by molar-refractivity contribution is -0.0273. The molecule has 1 heterocycles. The van der Waals surface area contributed by atoms with Crippen molar-refractivity contribution in [2.75, 3.05) is 26.8 Å². The van der Waals surface area contributed by atoms with Crippen LogP contribution in [0.15, 0.2) is 24.3 Å². The Kier molecular flexibility index (Phi) is 3.58. The van der Waals surface area contributed by atoms with Gasteiger partial charge in [-0.3, -0.25) is 0 Å². The van der Waals surface area contributed by atoms with Crippen LogP contribution in [-0.2, 0) is 9.47 Å². The van der Waals surface area contributed by atoms with Gasteiger partial charge in [-0.05, 0) is 6.07 Å². The van der Waals surface area contributed by atoms with E-state index in [-0.39, 0.29) is 5.82 Å². The smallest absolute Gasteiger partial charge is 0.409 e. The lowest BCUT2D eigenvalue weighted by Crippen LogP contribution is -2.42. The summed E-state index contributed by atoms with van der Waals surface area (Å²) < 4.78 is 23.7. The normalized spacial score (nSPS) is 20.1. The number of rotatable bonds is 1. The molecule has 1 amide bonds. The summed E-state index contributed by atoms with van der Waals surface area (Å²) in [5.41, 5.74) is 0.473. The monoisotopic (exact) mass is 239 g/mol. The first-order valence-corrected chi connectivity index (χ1v) is 5.41. The zero-order chi connectivity index (χ0) is 12.3. The molecule has 0 spiro atoms. The van der Waals surface area contributed by atoms with Gasteiger partial charge in [-0.25, -0.2) is 9.18 Å². The van der Waals surface area contributed by atoms with E-state index in [1.807, 2.05) is 0 Å². The molecule has 1 aliphatic rings. The van der Waals surface area contributed by atoms with Crippen molar-refractivity contribution in [2.24, 2.45) is 0 Å². The van der Waals surface area contributed by atoms with Crippen LogP contribution in [0.2, 0.25) is 0 Å². The molecular formula is C12H14FNO3. The molecule has 1 aromatic rings. The maximum absolute atomic E-state index is 13.6. The minimum Gasteiger partial charge on any atom is -0.453 e. The number of benzene rings is 1. The molecule has 2 rings (SSSR count). The van der Waals surface area contributed by atoms with E-state index < -0.39 is 12.2 Å². The SMILES string of the molecule is COC(=O)N1CCOC(c2ccccc2F)C1. The molecule has 1 unspecified atom stereocenters. The predicted octanol–water partition coefficient (Wildman–Crippen LogP) is 1.97. The van der Waals surface area contributed by atoms with E-state index in [2.05, 4.69) is 4.74 Å². The molecule has 0 aromatic heterocycles. The number of nitrogens with zero attached hydrogens (tertiary/aromatic N) is 1. The third-order valence-electron chi connectivity index (χ3n) is 2.75. The maximum atomic E-state index is 13.6. The minimum absolute atomic E-state index is 0.313. The molecule has 1 saturated heterocycles. The van der Waals surface area contributed by atoms with E-state index in [9.17, 15) is 9.18 Å². The number of carbonyl (C=O) groups is 1. The predicted molar refractivity (Wildman–Crippen MR) is 59.1 cm³/mol. The van der Waals surface area contributed by atoms with Gasteiger partial charge in [0.1, 0.15) is 11.9 Å². The third-order valence-corrected chi connectivity index (χ3v) is 2.75. The Hall–Kier alpha value is -1.62. The van der Waals surface area contributed by atoms with Gasteiger partial charge in [0, 0.05) is 12.1 Å². The van der Waals surface area contributed by atoms with E-state index in [0.29, 0.717) is 25.3 Å². The Bertz CT molecular complexity index is 410. The van der Waals surface area contributed by atoms with Gasteiger partial charge < -0.3 is 14.4 Å². The summed E-state index contributed by atoms with van der Waals surface area (Å²) in [6, 6.07) is 6.43. The van der Waals surface area contributed by atoms with E-state index in [1.165, 1.54) is 18.1 Å². The fourth-order valence-electron chi connectivity index (χ4n) is 1.87. The fraction of sp³-hybridized carbons (Fsp3) is 0.417. The number of amides is 1. The largest absolute Gasteiger partial charge is 0.453 e. The molecule has 1 aromatic carbocycles. The molecule has 1 aliphatic heterocycles. The van der Waals surface area contributed by atoms with E-state index >= 15 is 0 Å². The third kappa shape index (κ3) is 2.55. The van der Waals surface area contributed by atoms with E-state index in [4.69, 9.17) is 4.74 Å². The lowest BCUT2D eigenvalue weighted by Gasteiger charge is -2.32. The number of hydrogen-bond donors (Lipinski definition) is 0. The molecular weight excluding hydrogens is 225 g/mol. The molecule has 0 aliphatic carbocycles. The topological polar surface area (TPSA) is 38.8 Å². The van der Waals surface area contributed by atoms with Crippen molar-refractivity contribution in [3.63, 3.8) is 0 Å². The number of methoxy groups -OCH3 is 1. The Morgan fingerprint density at radius 1 is 1.53 bits per heavy atom. The summed E-state index contributed by atoms with van der Waals surface area (Å²) in [6.07, 6.45) is -0.835. The van der Waals surface area contributed by atoms with Crippen LogP contribution in [0.1, 0.15) is 11.7 Å². The summed E-state index contributed by atoms with van der Waals surface area (Å²) in [5.74, 6) is -0.316. The van der Waals surface area contributed by atoms with Gasteiger partial charge in [-0.2, -0.15) is 0 Å². The molecule has 5 heteroatoms. The highest BCUT2D eigenvalue weighted by atomic mass is 19.1. The standard InChI is InChI=1S/C12H14FNO3/c1-16-12(15)14-6-7-17-11(8-14)9-4-2-3-5-10(9)13/h2-5,11H,6-8H2,1H3. The molecule has 0 bridgehead atoms. The van der Waals surface area contributed by atoms with E-state index in [0.717, 1.165) is 0 Å². The second-order valence-corrected chi connectivity index (χ2v) is 3.80. The Balaban J connectivity index is 2.12. The summed E-state index contributed by atoms with van der Waals surface area (Å²) >= 11 is 0. The summed E-state index contributed by atoms with van der Waals surface area (Å²) in [5, 5.41) is 0. The summed E-state index contributed by atoms with van der Waals surface area (Å²) in [6.45, 7) is 1.17. The number of ether oxygens (including phenoxy) is 2. The highest BCUT2D eigenvalue weighted by Gasteiger charge is 2.27. The molecule has 1 atom stereocenters. The summed E-state index contributed by atoms with van der Waals surface area (Å²) in [7, 11) is 1.33. The van der Waals surface area contributed by atoms with Crippen LogP contribution in [0.5, 0.6) is 0 Å². The lowest BCUT2D eigenvalue weighted by atomic mass is 10.1. The van der Waals surface area contributed by atoms with Crippen molar-refractivity contribution in [3.8, 4) is 0 Å². The van der Waals surface area contributed by atoms with Gasteiger partial charge in [0.25, 0.3) is 0 Å². The van der Waals surface area contributed by atoms with Gasteiger partial charge in [-0.1, -0.05) is 18.2 Å². The number of carbonyl (C=O) groups excluding carboxylic acids is 1. The zero-order valence-electron chi connectivity index (χ0n) is 9.56. The van der Waals surface area contributed by atoms with Gasteiger partial charge in [0.05, 0.1) is 20.3 Å². The van der Waals surface area contributed by atoms with Crippen LogP contribution in [0, 0.1) is 5.82 Å². The van der Waals surface area contributed by atoms with Crippen molar-refractivity contribution in [2.45, 2.75) is 6.10 Å². The molecule has 1 fully saturated rings. The Morgan fingerprint density at radius 2 is 2.29 bits per heavy atom. The Morgan fingerprint density at radius 3 is 3.00 bits per heavy atom. The molecule has 0 N–H and O–H groups in total. The van der Waals surface area contributed by atoms with Gasteiger partial charge >= 0.3 is 6.09 Å². The van der Waals surface area contributed by atoms with Crippen molar-refractivity contribution in [3.05, 3.63) is 35.6 Å². The van der Waals surface area contributed by atoms with Gasteiger partial charge in [0.15, 0.2) is 0 Å². The molecule has 0 radical (unpaired) electrons. The van der Waals surface area contributed by atoms with Crippen molar-refractivity contribution >= 4 is 6.09 Å². The second-order valence-electron chi connectivity index (χ2n) is 3.80. The molecule has 92 valence electrons. The molecule has 0 saturated carbocycles. The van der Waals surface area contributed by atoms with Crippen LogP contribution < -0.4 is 0 Å². The van der Waals surface area contributed by atoms with Crippen LogP contribution >= 0.6 is 0 Å². The molecule has 17 heavy (non-hydrogen) atoms. The number of hydrogen-bond acceptors (Lipinski definition) is 3. The highest BCUT2D eigenvalue weighted by molar-refractivity contribution is 5.67. The quantitative estimate of drug-likeness (QED) is 0.752. The molecule has 4 nitrogen and oxygen atoms in total. The number of halogens is 1. The minimum atomic E-state index is -0.427. The van der Waals surface area contributed by atoms with Crippen molar-refractivity contribution < 1.29 is 18.7 Å².